The second-order valence-electron chi connectivity index (χ2n) is 4.24. The van der Waals surface area contributed by atoms with Crippen molar-refractivity contribution in [3.8, 4) is 0 Å². The molecule has 0 heterocycles. The summed E-state index contributed by atoms with van der Waals surface area (Å²) >= 11 is 0. The molecule has 0 aliphatic carbocycles. The van der Waals surface area contributed by atoms with Gasteiger partial charge in [-0.2, -0.15) is 0 Å². The van der Waals surface area contributed by atoms with Gasteiger partial charge in [0.2, 0.25) is 0 Å². The maximum Gasteiger partial charge on any atom is 0.307 e. The molecule has 1 aromatic carbocycles. The van der Waals surface area contributed by atoms with E-state index >= 15 is 0 Å². The summed E-state index contributed by atoms with van der Waals surface area (Å²) in [4.78, 5) is 21.6. The lowest BCUT2D eigenvalue weighted by Gasteiger charge is -2.13. The summed E-state index contributed by atoms with van der Waals surface area (Å²) in [7, 11) is 0. The van der Waals surface area contributed by atoms with Crippen molar-refractivity contribution < 1.29 is 19.8 Å². The second kappa shape index (κ2) is 6.19. The number of hydrogen-bond donors (Lipinski definition) is 2. The molecular weight excluding hydrogens is 232 g/mol. The molecule has 0 radical (unpaired) electrons. The highest BCUT2D eigenvalue weighted by Gasteiger charge is 2.12. The molecule has 98 valence electrons. The molecular formula is C14H18O4. The molecule has 1 rings (SSSR count). The predicted molar refractivity (Wildman–Crippen MR) is 67.9 cm³/mol. The molecule has 1 aromatic rings. The van der Waals surface area contributed by atoms with Crippen LogP contribution in [0.3, 0.4) is 0 Å². The smallest absolute Gasteiger partial charge is 0.307 e. The van der Waals surface area contributed by atoms with Crippen LogP contribution >= 0.6 is 0 Å². The van der Waals surface area contributed by atoms with E-state index in [0.717, 1.165) is 22.3 Å². The maximum absolute atomic E-state index is 10.8. The van der Waals surface area contributed by atoms with E-state index < -0.39 is 11.9 Å². The molecule has 4 nitrogen and oxygen atoms in total. The minimum atomic E-state index is -0.863. The van der Waals surface area contributed by atoms with E-state index in [1.54, 1.807) is 0 Å². The van der Waals surface area contributed by atoms with Gasteiger partial charge in [-0.15, -0.1) is 0 Å². The fraction of sp³-hybridized carbons (Fsp3) is 0.429. The van der Waals surface area contributed by atoms with Gasteiger partial charge in [0, 0.05) is 0 Å². The number of rotatable bonds is 6. The van der Waals surface area contributed by atoms with Gasteiger partial charge in [-0.1, -0.05) is 26.0 Å². The third kappa shape index (κ3) is 3.58. The number of hydrogen-bond acceptors (Lipinski definition) is 2. The Morgan fingerprint density at radius 2 is 1.17 bits per heavy atom. The number of aliphatic carboxylic acids is 2. The van der Waals surface area contributed by atoms with Gasteiger partial charge in [-0.25, -0.2) is 0 Å². The zero-order chi connectivity index (χ0) is 13.7. The van der Waals surface area contributed by atoms with Gasteiger partial charge in [0.25, 0.3) is 0 Å². The summed E-state index contributed by atoms with van der Waals surface area (Å²) in [6.07, 6.45) is 1.39. The molecule has 0 bridgehead atoms. The molecule has 0 saturated carbocycles. The van der Waals surface area contributed by atoms with Crippen molar-refractivity contribution in [3.63, 3.8) is 0 Å². The van der Waals surface area contributed by atoms with Gasteiger partial charge in [-0.3, -0.25) is 9.59 Å². The van der Waals surface area contributed by atoms with Crippen LogP contribution in [-0.2, 0) is 35.3 Å². The van der Waals surface area contributed by atoms with Crippen LogP contribution < -0.4 is 0 Å². The Balaban J connectivity index is 3.22. The summed E-state index contributed by atoms with van der Waals surface area (Å²) < 4.78 is 0. The lowest BCUT2D eigenvalue weighted by molar-refractivity contribution is -0.137. The average molecular weight is 250 g/mol. The second-order valence-corrected chi connectivity index (χ2v) is 4.24. The summed E-state index contributed by atoms with van der Waals surface area (Å²) in [5, 5.41) is 17.7. The van der Waals surface area contributed by atoms with Gasteiger partial charge in [-0.05, 0) is 35.1 Å². The Morgan fingerprint density at radius 3 is 1.39 bits per heavy atom. The summed E-state index contributed by atoms with van der Waals surface area (Å²) in [5.41, 5.74) is 3.42. The van der Waals surface area contributed by atoms with Crippen molar-refractivity contribution in [1.29, 1.82) is 0 Å². The fourth-order valence-electron chi connectivity index (χ4n) is 2.10. The third-order valence-electron chi connectivity index (χ3n) is 2.97. The van der Waals surface area contributed by atoms with Crippen molar-refractivity contribution in [2.24, 2.45) is 0 Å². The van der Waals surface area contributed by atoms with E-state index in [-0.39, 0.29) is 12.8 Å². The van der Waals surface area contributed by atoms with E-state index in [2.05, 4.69) is 0 Å². The summed E-state index contributed by atoms with van der Waals surface area (Å²) in [6, 6.07) is 3.68. The van der Waals surface area contributed by atoms with Crippen LogP contribution in [0, 0.1) is 0 Å². The maximum atomic E-state index is 10.8. The average Bonchev–Trinajstić information content (AvgIpc) is 2.29. The molecule has 0 atom stereocenters. The SMILES string of the molecule is CCc1cc(CC(=O)O)c(CC)cc1CC(=O)O. The highest BCUT2D eigenvalue weighted by atomic mass is 16.4. The van der Waals surface area contributed by atoms with Crippen LogP contribution in [0.2, 0.25) is 0 Å². The molecule has 0 unspecified atom stereocenters. The molecule has 0 aromatic heterocycles. The first-order chi connectivity index (χ1) is 8.47. The summed E-state index contributed by atoms with van der Waals surface area (Å²) in [5.74, 6) is -1.73. The first-order valence-corrected chi connectivity index (χ1v) is 6.05. The Kier molecular flexibility index (Phi) is 4.89. The quantitative estimate of drug-likeness (QED) is 0.810. The Morgan fingerprint density at radius 1 is 0.833 bits per heavy atom. The van der Waals surface area contributed by atoms with Gasteiger partial charge >= 0.3 is 11.9 Å². The van der Waals surface area contributed by atoms with E-state index in [1.165, 1.54) is 0 Å². The Bertz CT molecular complexity index is 419. The van der Waals surface area contributed by atoms with Gasteiger partial charge < -0.3 is 10.2 Å². The monoisotopic (exact) mass is 250 g/mol. The van der Waals surface area contributed by atoms with Crippen molar-refractivity contribution >= 4 is 11.9 Å². The van der Waals surface area contributed by atoms with Crippen LogP contribution in [0.1, 0.15) is 36.1 Å². The number of carbonyl (C=O) groups is 2. The topological polar surface area (TPSA) is 74.6 Å². The van der Waals surface area contributed by atoms with Crippen LogP contribution in [0.5, 0.6) is 0 Å². The van der Waals surface area contributed by atoms with Crippen molar-refractivity contribution in [3.05, 3.63) is 34.4 Å². The van der Waals surface area contributed by atoms with Crippen LogP contribution in [0.4, 0.5) is 0 Å². The fourth-order valence-corrected chi connectivity index (χ4v) is 2.10. The normalized spacial score (nSPS) is 10.3. The van der Waals surface area contributed by atoms with Crippen LogP contribution in [-0.4, -0.2) is 22.2 Å². The highest BCUT2D eigenvalue weighted by Crippen LogP contribution is 2.20. The van der Waals surface area contributed by atoms with E-state index in [1.807, 2.05) is 26.0 Å². The lowest BCUT2D eigenvalue weighted by Crippen LogP contribution is -2.09. The van der Waals surface area contributed by atoms with E-state index in [4.69, 9.17) is 10.2 Å². The van der Waals surface area contributed by atoms with Crippen molar-refractivity contribution in [2.45, 2.75) is 39.5 Å². The molecule has 18 heavy (non-hydrogen) atoms. The zero-order valence-electron chi connectivity index (χ0n) is 10.7. The van der Waals surface area contributed by atoms with Gasteiger partial charge in [0.05, 0.1) is 12.8 Å². The largest absolute Gasteiger partial charge is 0.481 e. The Labute approximate surface area is 106 Å². The summed E-state index contributed by atoms with van der Waals surface area (Å²) in [6.45, 7) is 3.88. The highest BCUT2D eigenvalue weighted by molar-refractivity contribution is 5.73. The molecule has 0 aliphatic heterocycles. The number of aryl methyl sites for hydroxylation is 2. The molecule has 2 N–H and O–H groups in total. The number of benzene rings is 1. The van der Waals surface area contributed by atoms with Crippen LogP contribution in [0.15, 0.2) is 12.1 Å². The molecule has 4 heteroatoms. The lowest BCUT2D eigenvalue weighted by atomic mass is 9.92. The van der Waals surface area contributed by atoms with Crippen molar-refractivity contribution in [1.82, 2.24) is 0 Å². The molecule has 0 spiro atoms. The van der Waals surface area contributed by atoms with Crippen LogP contribution in [0.25, 0.3) is 0 Å². The Hall–Kier alpha value is -1.84. The first kappa shape index (κ1) is 14.2. The third-order valence-corrected chi connectivity index (χ3v) is 2.97. The van der Waals surface area contributed by atoms with Gasteiger partial charge in [0.15, 0.2) is 0 Å². The predicted octanol–water partition coefficient (Wildman–Crippen LogP) is 2.07. The van der Waals surface area contributed by atoms with Crippen molar-refractivity contribution in [2.75, 3.05) is 0 Å². The molecule has 0 fully saturated rings. The van der Waals surface area contributed by atoms with E-state index in [0.29, 0.717) is 12.8 Å². The first-order valence-electron chi connectivity index (χ1n) is 6.05. The number of carboxylic acid groups (broad SMARTS) is 2. The molecule has 0 amide bonds. The number of carboxylic acids is 2. The molecule has 0 saturated heterocycles. The zero-order valence-corrected chi connectivity index (χ0v) is 10.7. The minimum absolute atomic E-state index is 0.0104. The van der Waals surface area contributed by atoms with Gasteiger partial charge in [0.1, 0.15) is 0 Å². The standard InChI is InChI=1S/C14H18O4/c1-3-9-5-12(8-14(17)18)10(4-2)6-11(9)7-13(15)16/h5-6H,3-4,7-8H2,1-2H3,(H,15,16)(H,17,18). The minimum Gasteiger partial charge on any atom is -0.481 e. The molecule has 0 aliphatic rings. The van der Waals surface area contributed by atoms with E-state index in [9.17, 15) is 9.59 Å².